The van der Waals surface area contributed by atoms with Crippen LogP contribution in [0.3, 0.4) is 0 Å². The minimum absolute atomic E-state index is 0.289. The summed E-state index contributed by atoms with van der Waals surface area (Å²) >= 11 is 0. The number of benzene rings is 1. The van der Waals surface area contributed by atoms with Crippen molar-refractivity contribution in [3.63, 3.8) is 0 Å². The zero-order valence-corrected chi connectivity index (χ0v) is 9.27. The Kier molecular flexibility index (Phi) is 3.67. The second-order valence-electron chi connectivity index (χ2n) is 3.61. The van der Waals surface area contributed by atoms with Crippen molar-refractivity contribution < 1.29 is 9.13 Å². The van der Waals surface area contributed by atoms with E-state index in [2.05, 4.69) is 4.98 Å². The monoisotopic (exact) mass is 232 g/mol. The Morgan fingerprint density at radius 2 is 2.12 bits per heavy atom. The highest BCUT2D eigenvalue weighted by molar-refractivity contribution is 5.29. The third-order valence-corrected chi connectivity index (χ3v) is 2.28. The van der Waals surface area contributed by atoms with E-state index in [1.807, 2.05) is 18.2 Å². The van der Waals surface area contributed by atoms with Crippen molar-refractivity contribution in [1.82, 2.24) is 4.98 Å². The van der Waals surface area contributed by atoms with Gasteiger partial charge in [-0.3, -0.25) is 4.98 Å². The van der Waals surface area contributed by atoms with E-state index in [0.717, 1.165) is 5.69 Å². The lowest BCUT2D eigenvalue weighted by Crippen LogP contribution is -2.01. The van der Waals surface area contributed by atoms with Gasteiger partial charge in [0.05, 0.1) is 5.69 Å². The molecular weight excluding hydrogens is 219 g/mol. The van der Waals surface area contributed by atoms with Crippen LogP contribution >= 0.6 is 0 Å². The largest absolute Gasteiger partial charge is 0.487 e. The van der Waals surface area contributed by atoms with Crippen LogP contribution in [0.2, 0.25) is 0 Å². The first-order valence-electron chi connectivity index (χ1n) is 5.30. The number of rotatable bonds is 4. The molecule has 0 unspecified atom stereocenters. The average molecular weight is 232 g/mol. The summed E-state index contributed by atoms with van der Waals surface area (Å²) in [4.78, 5) is 4.12. The van der Waals surface area contributed by atoms with Gasteiger partial charge in [0.15, 0.2) is 0 Å². The lowest BCUT2D eigenvalue weighted by molar-refractivity contribution is 0.299. The molecule has 1 aromatic heterocycles. The standard InChI is InChI=1S/C13H13FN2O/c14-11-5-10(8-15)6-13(7-11)17-9-12-3-1-2-4-16-12/h1-7H,8-9,15H2. The molecule has 0 fully saturated rings. The van der Waals surface area contributed by atoms with Crippen LogP contribution in [-0.4, -0.2) is 4.98 Å². The molecule has 0 saturated heterocycles. The highest BCUT2D eigenvalue weighted by atomic mass is 19.1. The second-order valence-corrected chi connectivity index (χ2v) is 3.61. The first-order chi connectivity index (χ1) is 8.28. The van der Waals surface area contributed by atoms with E-state index >= 15 is 0 Å². The van der Waals surface area contributed by atoms with Crippen molar-refractivity contribution in [2.75, 3.05) is 0 Å². The van der Waals surface area contributed by atoms with Crippen LogP contribution in [0, 0.1) is 5.82 Å². The topological polar surface area (TPSA) is 48.1 Å². The minimum Gasteiger partial charge on any atom is -0.487 e. The Morgan fingerprint density at radius 1 is 1.24 bits per heavy atom. The molecule has 0 saturated carbocycles. The van der Waals surface area contributed by atoms with Crippen molar-refractivity contribution >= 4 is 0 Å². The number of ether oxygens (including phenoxy) is 1. The first-order valence-corrected chi connectivity index (χ1v) is 5.30. The first kappa shape index (κ1) is 11.5. The van der Waals surface area contributed by atoms with Crippen molar-refractivity contribution in [1.29, 1.82) is 0 Å². The number of hydrogen-bond donors (Lipinski definition) is 1. The number of hydrogen-bond acceptors (Lipinski definition) is 3. The van der Waals surface area contributed by atoms with Crippen molar-refractivity contribution in [3.8, 4) is 5.75 Å². The molecule has 17 heavy (non-hydrogen) atoms. The van der Waals surface area contributed by atoms with Crippen LogP contribution in [0.5, 0.6) is 5.75 Å². The van der Waals surface area contributed by atoms with Crippen LogP contribution in [0.25, 0.3) is 0 Å². The predicted octanol–water partition coefficient (Wildman–Crippen LogP) is 2.26. The summed E-state index contributed by atoms with van der Waals surface area (Å²) < 4.78 is 18.6. The van der Waals surface area contributed by atoms with E-state index < -0.39 is 0 Å². The van der Waals surface area contributed by atoms with Crippen LogP contribution in [0.1, 0.15) is 11.3 Å². The van der Waals surface area contributed by atoms with Crippen molar-refractivity contribution in [3.05, 3.63) is 59.7 Å². The molecule has 1 heterocycles. The van der Waals surface area contributed by atoms with Crippen molar-refractivity contribution in [2.45, 2.75) is 13.2 Å². The summed E-state index contributed by atoms with van der Waals surface area (Å²) in [5.41, 5.74) is 6.97. The van der Waals surface area contributed by atoms with Crippen LogP contribution in [0.4, 0.5) is 4.39 Å². The zero-order chi connectivity index (χ0) is 12.1. The molecule has 0 aliphatic heterocycles. The fourth-order valence-corrected chi connectivity index (χ4v) is 1.46. The molecule has 0 amide bonds. The van der Waals surface area contributed by atoms with Crippen LogP contribution < -0.4 is 10.5 Å². The van der Waals surface area contributed by atoms with Crippen molar-refractivity contribution in [2.24, 2.45) is 5.73 Å². The fourth-order valence-electron chi connectivity index (χ4n) is 1.46. The van der Waals surface area contributed by atoms with Gasteiger partial charge in [-0.1, -0.05) is 6.07 Å². The van der Waals surface area contributed by atoms with E-state index in [1.165, 1.54) is 12.1 Å². The molecular formula is C13H13FN2O. The quantitative estimate of drug-likeness (QED) is 0.879. The minimum atomic E-state index is -0.344. The molecule has 3 nitrogen and oxygen atoms in total. The molecule has 1 aromatic carbocycles. The summed E-state index contributed by atoms with van der Waals surface area (Å²) in [6, 6.07) is 10.0. The van der Waals surface area contributed by atoms with Crippen LogP contribution in [-0.2, 0) is 13.2 Å². The molecule has 2 N–H and O–H groups in total. The van der Waals surface area contributed by atoms with Gasteiger partial charge in [0.1, 0.15) is 18.2 Å². The van der Waals surface area contributed by atoms with Gasteiger partial charge in [-0.25, -0.2) is 4.39 Å². The number of halogens is 1. The summed E-state index contributed by atoms with van der Waals surface area (Å²) in [6.45, 7) is 0.603. The maximum Gasteiger partial charge on any atom is 0.130 e. The highest BCUT2D eigenvalue weighted by Gasteiger charge is 2.01. The third-order valence-electron chi connectivity index (χ3n) is 2.28. The van der Waals surface area contributed by atoms with Gasteiger partial charge in [0, 0.05) is 18.8 Å². The van der Waals surface area contributed by atoms with Crippen LogP contribution in [0.15, 0.2) is 42.6 Å². The molecule has 0 radical (unpaired) electrons. The highest BCUT2D eigenvalue weighted by Crippen LogP contribution is 2.17. The van der Waals surface area contributed by atoms with E-state index in [0.29, 0.717) is 17.9 Å². The summed E-state index contributed by atoms with van der Waals surface area (Å²) in [7, 11) is 0. The third kappa shape index (κ3) is 3.26. The molecule has 4 heteroatoms. The normalized spacial score (nSPS) is 10.2. The lowest BCUT2D eigenvalue weighted by atomic mass is 10.2. The Labute approximate surface area is 99.1 Å². The molecule has 0 atom stereocenters. The van der Waals surface area contributed by atoms with E-state index in [9.17, 15) is 4.39 Å². The molecule has 2 aromatic rings. The Bertz CT molecular complexity index is 488. The van der Waals surface area contributed by atoms with Gasteiger partial charge < -0.3 is 10.5 Å². The summed E-state index contributed by atoms with van der Waals surface area (Å²) in [5.74, 6) is 0.125. The Balaban J connectivity index is 2.06. The van der Waals surface area contributed by atoms with E-state index in [1.54, 1.807) is 12.3 Å². The zero-order valence-electron chi connectivity index (χ0n) is 9.27. The van der Waals surface area contributed by atoms with Gasteiger partial charge in [-0.2, -0.15) is 0 Å². The Hall–Kier alpha value is -1.94. The maximum atomic E-state index is 13.2. The number of nitrogens with zero attached hydrogens (tertiary/aromatic N) is 1. The van der Waals surface area contributed by atoms with E-state index in [-0.39, 0.29) is 12.4 Å². The Morgan fingerprint density at radius 3 is 2.82 bits per heavy atom. The SMILES string of the molecule is NCc1cc(F)cc(OCc2ccccn2)c1. The lowest BCUT2D eigenvalue weighted by Gasteiger charge is -2.07. The number of nitrogens with two attached hydrogens (primary N) is 1. The van der Waals surface area contributed by atoms with Gasteiger partial charge in [0.2, 0.25) is 0 Å². The molecule has 0 spiro atoms. The predicted molar refractivity (Wildman–Crippen MR) is 62.9 cm³/mol. The molecule has 2 rings (SSSR count). The van der Waals surface area contributed by atoms with Gasteiger partial charge in [0.25, 0.3) is 0 Å². The molecule has 88 valence electrons. The fraction of sp³-hybridized carbons (Fsp3) is 0.154. The maximum absolute atomic E-state index is 13.2. The average Bonchev–Trinajstić information content (AvgIpc) is 2.37. The number of aromatic nitrogens is 1. The summed E-state index contributed by atoms with van der Waals surface area (Å²) in [5, 5.41) is 0. The smallest absolute Gasteiger partial charge is 0.130 e. The molecule has 0 aliphatic carbocycles. The van der Waals surface area contributed by atoms with Gasteiger partial charge in [-0.05, 0) is 29.8 Å². The van der Waals surface area contributed by atoms with Gasteiger partial charge >= 0.3 is 0 Å². The van der Waals surface area contributed by atoms with E-state index in [4.69, 9.17) is 10.5 Å². The summed E-state index contributed by atoms with van der Waals surface area (Å²) in [6.07, 6.45) is 1.69. The molecule has 0 aliphatic rings. The number of pyridine rings is 1. The molecule has 0 bridgehead atoms. The van der Waals surface area contributed by atoms with Gasteiger partial charge in [-0.15, -0.1) is 0 Å². The second kappa shape index (κ2) is 5.41.